The minimum Gasteiger partial charge on any atom is -0.379 e. The number of halogens is 1. The third kappa shape index (κ3) is 4.50. The van der Waals surface area contributed by atoms with E-state index in [-0.39, 0.29) is 30.4 Å². The number of hydrogen-bond donors (Lipinski definition) is 2. The number of para-hydroxylation sites is 2. The van der Waals surface area contributed by atoms with Gasteiger partial charge in [-0.05, 0) is 36.8 Å². The Morgan fingerprint density at radius 1 is 1.22 bits per heavy atom. The monoisotopic (exact) mass is 317 g/mol. The number of hydrogen-bond acceptors (Lipinski definition) is 4. The van der Waals surface area contributed by atoms with Gasteiger partial charge in [-0.15, -0.1) is 0 Å². The van der Waals surface area contributed by atoms with Gasteiger partial charge in [0.2, 0.25) is 5.91 Å². The van der Waals surface area contributed by atoms with Crippen LogP contribution in [0.25, 0.3) is 0 Å². The zero-order valence-corrected chi connectivity index (χ0v) is 12.5. The number of amides is 1. The second kappa shape index (κ2) is 7.35. The first kappa shape index (κ1) is 16.4. The minimum atomic E-state index is -0.482. The van der Waals surface area contributed by atoms with Gasteiger partial charge in [-0.25, -0.2) is 4.39 Å². The molecule has 0 aliphatic carbocycles. The molecule has 120 valence electrons. The van der Waals surface area contributed by atoms with Gasteiger partial charge in [0.1, 0.15) is 11.5 Å². The number of nitro benzene ring substituents is 1. The molecule has 0 aliphatic heterocycles. The Morgan fingerprint density at radius 3 is 2.65 bits per heavy atom. The Kier molecular flexibility index (Phi) is 5.24. The molecule has 7 heteroatoms. The molecule has 0 heterocycles. The lowest BCUT2D eigenvalue weighted by Gasteiger charge is -2.09. The van der Waals surface area contributed by atoms with Crippen molar-refractivity contribution in [3.8, 4) is 0 Å². The molecule has 0 aromatic heterocycles. The van der Waals surface area contributed by atoms with E-state index in [4.69, 9.17) is 0 Å². The van der Waals surface area contributed by atoms with E-state index in [1.165, 1.54) is 24.3 Å². The summed E-state index contributed by atoms with van der Waals surface area (Å²) >= 11 is 0. The van der Waals surface area contributed by atoms with Crippen LogP contribution in [0.15, 0.2) is 42.5 Å². The smallest absolute Gasteiger partial charge is 0.292 e. The lowest BCUT2D eigenvalue weighted by atomic mass is 10.2. The van der Waals surface area contributed by atoms with Crippen LogP contribution in [0, 0.1) is 22.9 Å². The third-order valence-electron chi connectivity index (χ3n) is 3.23. The number of nitrogens with one attached hydrogen (secondary N) is 2. The standard InChI is InChI=1S/C16H16FN3O3/c1-11-10-12(17)6-7-13(11)19-16(21)8-9-18-14-4-2-3-5-15(14)20(22)23/h2-7,10,18H,8-9H2,1H3,(H,19,21). The van der Waals surface area contributed by atoms with Crippen molar-refractivity contribution in [2.45, 2.75) is 13.3 Å². The molecule has 0 fully saturated rings. The van der Waals surface area contributed by atoms with Crippen LogP contribution in [0.1, 0.15) is 12.0 Å². The fraction of sp³-hybridized carbons (Fsp3) is 0.188. The Balaban J connectivity index is 1.89. The number of aryl methyl sites for hydroxylation is 1. The van der Waals surface area contributed by atoms with E-state index >= 15 is 0 Å². The lowest BCUT2D eigenvalue weighted by molar-refractivity contribution is -0.384. The van der Waals surface area contributed by atoms with Gasteiger partial charge >= 0.3 is 0 Å². The zero-order valence-electron chi connectivity index (χ0n) is 12.5. The molecule has 1 amide bonds. The molecule has 0 saturated heterocycles. The van der Waals surface area contributed by atoms with Crippen LogP contribution in [0.2, 0.25) is 0 Å². The van der Waals surface area contributed by atoms with E-state index in [0.29, 0.717) is 16.9 Å². The summed E-state index contributed by atoms with van der Waals surface area (Å²) in [5.41, 5.74) is 1.50. The maximum Gasteiger partial charge on any atom is 0.292 e. The summed E-state index contributed by atoms with van der Waals surface area (Å²) in [5, 5.41) is 16.4. The number of benzene rings is 2. The van der Waals surface area contributed by atoms with Gasteiger partial charge in [-0.3, -0.25) is 14.9 Å². The van der Waals surface area contributed by atoms with Crippen molar-refractivity contribution in [3.05, 3.63) is 64.0 Å². The third-order valence-corrected chi connectivity index (χ3v) is 3.23. The molecule has 6 nitrogen and oxygen atoms in total. The fourth-order valence-corrected chi connectivity index (χ4v) is 2.07. The van der Waals surface area contributed by atoms with Gasteiger partial charge in [0.15, 0.2) is 0 Å². The van der Waals surface area contributed by atoms with Gasteiger partial charge in [-0.2, -0.15) is 0 Å². The van der Waals surface area contributed by atoms with E-state index in [9.17, 15) is 19.3 Å². The van der Waals surface area contributed by atoms with Crippen LogP contribution < -0.4 is 10.6 Å². The van der Waals surface area contributed by atoms with Crippen LogP contribution in [0.4, 0.5) is 21.5 Å². The number of carbonyl (C=O) groups is 1. The first-order chi connectivity index (χ1) is 11.0. The van der Waals surface area contributed by atoms with Crippen LogP contribution in [0.3, 0.4) is 0 Å². The summed E-state index contributed by atoms with van der Waals surface area (Å²) in [7, 11) is 0. The van der Waals surface area contributed by atoms with E-state index in [0.717, 1.165) is 0 Å². The first-order valence-corrected chi connectivity index (χ1v) is 7.00. The average molecular weight is 317 g/mol. The SMILES string of the molecule is Cc1cc(F)ccc1NC(=O)CCNc1ccccc1[N+](=O)[O-]. The van der Waals surface area contributed by atoms with Gasteiger partial charge in [0.05, 0.1) is 4.92 Å². The summed E-state index contributed by atoms with van der Waals surface area (Å²) in [6.07, 6.45) is 0.128. The van der Waals surface area contributed by atoms with E-state index in [2.05, 4.69) is 10.6 Å². The number of anilines is 2. The molecule has 23 heavy (non-hydrogen) atoms. The van der Waals surface area contributed by atoms with Gasteiger partial charge in [0, 0.05) is 24.7 Å². The average Bonchev–Trinajstić information content (AvgIpc) is 2.50. The molecule has 2 aromatic carbocycles. The van der Waals surface area contributed by atoms with Crippen molar-refractivity contribution in [1.29, 1.82) is 0 Å². The fourth-order valence-electron chi connectivity index (χ4n) is 2.07. The molecule has 2 N–H and O–H groups in total. The molecular formula is C16H16FN3O3. The molecule has 2 rings (SSSR count). The quantitative estimate of drug-likeness (QED) is 0.631. The maximum atomic E-state index is 13.0. The number of nitrogens with zero attached hydrogens (tertiary/aromatic N) is 1. The van der Waals surface area contributed by atoms with Crippen molar-refractivity contribution in [2.24, 2.45) is 0 Å². The lowest BCUT2D eigenvalue weighted by Crippen LogP contribution is -2.17. The number of carbonyl (C=O) groups excluding carboxylic acids is 1. The Bertz CT molecular complexity index is 734. The van der Waals surface area contributed by atoms with Gasteiger partial charge in [-0.1, -0.05) is 12.1 Å². The van der Waals surface area contributed by atoms with Crippen LogP contribution in [-0.4, -0.2) is 17.4 Å². The second-order valence-electron chi connectivity index (χ2n) is 4.96. The molecule has 0 radical (unpaired) electrons. The summed E-state index contributed by atoms with van der Waals surface area (Å²) in [5.74, 6) is -0.621. The van der Waals surface area contributed by atoms with Crippen molar-refractivity contribution in [2.75, 3.05) is 17.2 Å². The van der Waals surface area contributed by atoms with E-state index in [1.807, 2.05) is 0 Å². The van der Waals surface area contributed by atoms with Crippen molar-refractivity contribution in [3.63, 3.8) is 0 Å². The molecule has 0 saturated carbocycles. The molecule has 0 unspecified atom stereocenters. The molecule has 2 aromatic rings. The summed E-state index contributed by atoms with van der Waals surface area (Å²) in [6, 6.07) is 10.3. The number of rotatable bonds is 6. The maximum absolute atomic E-state index is 13.0. The van der Waals surface area contributed by atoms with Crippen molar-refractivity contribution in [1.82, 2.24) is 0 Å². The van der Waals surface area contributed by atoms with Gasteiger partial charge in [0.25, 0.3) is 5.69 Å². The molecular weight excluding hydrogens is 301 g/mol. The topological polar surface area (TPSA) is 84.3 Å². The predicted octanol–water partition coefficient (Wildman–Crippen LogP) is 3.48. The largest absolute Gasteiger partial charge is 0.379 e. The van der Waals surface area contributed by atoms with Gasteiger partial charge < -0.3 is 10.6 Å². The highest BCUT2D eigenvalue weighted by Crippen LogP contribution is 2.23. The minimum absolute atomic E-state index is 0.0395. The van der Waals surface area contributed by atoms with E-state index in [1.54, 1.807) is 25.1 Å². The van der Waals surface area contributed by atoms with E-state index < -0.39 is 4.92 Å². The number of nitro groups is 1. The summed E-state index contributed by atoms with van der Waals surface area (Å²) in [6.45, 7) is 1.95. The van der Waals surface area contributed by atoms with Crippen LogP contribution in [-0.2, 0) is 4.79 Å². The molecule has 0 aliphatic rings. The Morgan fingerprint density at radius 2 is 1.96 bits per heavy atom. The molecule has 0 spiro atoms. The van der Waals surface area contributed by atoms with Crippen molar-refractivity contribution < 1.29 is 14.1 Å². The predicted molar refractivity (Wildman–Crippen MR) is 86.0 cm³/mol. The zero-order chi connectivity index (χ0) is 16.8. The second-order valence-corrected chi connectivity index (χ2v) is 4.96. The highest BCUT2D eigenvalue weighted by atomic mass is 19.1. The molecule has 0 atom stereocenters. The Labute approximate surface area is 132 Å². The van der Waals surface area contributed by atoms with Crippen LogP contribution in [0.5, 0.6) is 0 Å². The first-order valence-electron chi connectivity index (χ1n) is 7.00. The van der Waals surface area contributed by atoms with Crippen molar-refractivity contribution >= 4 is 23.0 Å². The highest BCUT2D eigenvalue weighted by Gasteiger charge is 2.12. The highest BCUT2D eigenvalue weighted by molar-refractivity contribution is 5.91. The Hall–Kier alpha value is -2.96. The molecule has 0 bridgehead atoms. The normalized spacial score (nSPS) is 10.2. The summed E-state index contributed by atoms with van der Waals surface area (Å²) < 4.78 is 13.0. The summed E-state index contributed by atoms with van der Waals surface area (Å²) in [4.78, 5) is 22.3. The van der Waals surface area contributed by atoms with Crippen LogP contribution >= 0.6 is 0 Å².